The van der Waals surface area contributed by atoms with E-state index in [2.05, 4.69) is 5.32 Å². The molecule has 0 spiro atoms. The molecule has 0 radical (unpaired) electrons. The highest BCUT2D eigenvalue weighted by Crippen LogP contribution is 2.18. The van der Waals surface area contributed by atoms with E-state index in [-0.39, 0.29) is 19.6 Å². The van der Waals surface area contributed by atoms with Crippen LogP contribution in [0.5, 0.6) is 0 Å². The van der Waals surface area contributed by atoms with Crippen molar-refractivity contribution in [3.8, 4) is 0 Å². The van der Waals surface area contributed by atoms with Crippen LogP contribution in [-0.4, -0.2) is 42.9 Å². The number of carbonyl (C=O) groups excluding carboxylic acids is 3. The molecule has 1 atom stereocenters. The highest BCUT2D eigenvalue weighted by atomic mass is 19.1. The van der Waals surface area contributed by atoms with Crippen LogP contribution in [0.1, 0.15) is 40.2 Å². The van der Waals surface area contributed by atoms with Crippen molar-refractivity contribution in [1.29, 1.82) is 0 Å². The Hall–Kier alpha value is -2.90. The molecule has 1 aromatic carbocycles. The Morgan fingerprint density at radius 1 is 1.03 bits per heavy atom. The Balaban J connectivity index is 3.17. The SMILES string of the molecule is CCOC(=O)C(/C=C(\F)[C@@H](Cc1ccccc1)NC(=O)OC(C)(C)C)C(=O)OCC. The number of ether oxygens (including phenoxy) is 3. The lowest BCUT2D eigenvalue weighted by Gasteiger charge is -2.23. The second kappa shape index (κ2) is 11.9. The Kier molecular flexibility index (Phi) is 10.0. The maximum atomic E-state index is 15.2. The lowest BCUT2D eigenvalue weighted by molar-refractivity contribution is -0.159. The van der Waals surface area contributed by atoms with Crippen LogP contribution in [0.15, 0.2) is 42.2 Å². The van der Waals surface area contributed by atoms with Gasteiger partial charge >= 0.3 is 18.0 Å². The normalized spacial score (nSPS) is 12.8. The number of esters is 2. The Morgan fingerprint density at radius 2 is 1.57 bits per heavy atom. The average molecular weight is 423 g/mol. The van der Waals surface area contributed by atoms with Gasteiger partial charge in [0.2, 0.25) is 0 Å². The molecule has 0 aliphatic heterocycles. The number of nitrogens with one attached hydrogen (secondary N) is 1. The molecule has 30 heavy (non-hydrogen) atoms. The fraction of sp³-hybridized carbons (Fsp3) is 0.500. The minimum absolute atomic E-state index is 0.0216. The highest BCUT2D eigenvalue weighted by Gasteiger charge is 2.31. The molecule has 0 unspecified atom stereocenters. The van der Waals surface area contributed by atoms with Gasteiger partial charge in [0.15, 0.2) is 5.92 Å². The zero-order chi connectivity index (χ0) is 22.7. The summed E-state index contributed by atoms with van der Waals surface area (Å²) < 4.78 is 30.1. The summed E-state index contributed by atoms with van der Waals surface area (Å²) in [6, 6.07) is 7.75. The van der Waals surface area contributed by atoms with Crippen LogP contribution >= 0.6 is 0 Å². The lowest BCUT2D eigenvalue weighted by atomic mass is 10.0. The van der Waals surface area contributed by atoms with E-state index in [1.807, 2.05) is 6.07 Å². The van der Waals surface area contributed by atoms with E-state index in [0.717, 1.165) is 11.6 Å². The summed E-state index contributed by atoms with van der Waals surface area (Å²) in [5.41, 5.74) is -0.0362. The smallest absolute Gasteiger partial charge is 0.408 e. The third kappa shape index (κ3) is 9.07. The van der Waals surface area contributed by atoms with Crippen molar-refractivity contribution in [2.75, 3.05) is 13.2 Å². The summed E-state index contributed by atoms with van der Waals surface area (Å²) >= 11 is 0. The monoisotopic (exact) mass is 423 g/mol. The zero-order valence-electron chi connectivity index (χ0n) is 18.1. The number of amides is 1. The molecule has 1 N–H and O–H groups in total. The molecule has 0 fully saturated rings. The van der Waals surface area contributed by atoms with Gasteiger partial charge in [-0.05, 0) is 52.7 Å². The molecule has 0 bridgehead atoms. The molecule has 1 amide bonds. The van der Waals surface area contributed by atoms with Crippen LogP contribution in [0.4, 0.5) is 9.18 Å². The average Bonchev–Trinajstić information content (AvgIpc) is 2.65. The Labute approximate surface area is 176 Å². The zero-order valence-corrected chi connectivity index (χ0v) is 18.1. The summed E-state index contributed by atoms with van der Waals surface area (Å²) in [6.45, 7) is 8.24. The van der Waals surface area contributed by atoms with Gasteiger partial charge in [0.05, 0.1) is 19.3 Å². The molecule has 0 aliphatic rings. The first-order valence-corrected chi connectivity index (χ1v) is 9.81. The first-order chi connectivity index (χ1) is 14.1. The molecule has 0 aliphatic carbocycles. The number of benzene rings is 1. The van der Waals surface area contributed by atoms with E-state index >= 15 is 4.39 Å². The Morgan fingerprint density at radius 3 is 2.03 bits per heavy atom. The molecule has 0 saturated heterocycles. The van der Waals surface area contributed by atoms with E-state index in [1.54, 1.807) is 58.9 Å². The van der Waals surface area contributed by atoms with Gasteiger partial charge in [-0.3, -0.25) is 9.59 Å². The van der Waals surface area contributed by atoms with Crippen molar-refractivity contribution in [1.82, 2.24) is 5.32 Å². The van der Waals surface area contributed by atoms with Gasteiger partial charge in [-0.1, -0.05) is 30.3 Å². The first-order valence-electron chi connectivity index (χ1n) is 9.81. The van der Waals surface area contributed by atoms with Crippen LogP contribution in [0, 0.1) is 5.92 Å². The van der Waals surface area contributed by atoms with Gasteiger partial charge in [-0.2, -0.15) is 0 Å². The van der Waals surface area contributed by atoms with E-state index in [1.165, 1.54) is 0 Å². The summed E-state index contributed by atoms with van der Waals surface area (Å²) in [5, 5.41) is 2.46. The molecule has 1 rings (SSSR count). The van der Waals surface area contributed by atoms with Crippen molar-refractivity contribution < 1.29 is 33.0 Å². The Bertz CT molecular complexity index is 724. The molecular weight excluding hydrogens is 393 g/mol. The highest BCUT2D eigenvalue weighted by molar-refractivity contribution is 5.97. The standard InChI is InChI=1S/C22H30FNO6/c1-6-28-19(25)16(20(26)29-7-2)14-17(23)18(13-15-11-9-8-10-12-15)24-21(27)30-22(3,4)5/h8-12,14,16,18H,6-7,13H2,1-5H3,(H,24,27)/b17-14-/t18-/m1/s1. The van der Waals surface area contributed by atoms with Crippen molar-refractivity contribution >= 4 is 18.0 Å². The van der Waals surface area contributed by atoms with Crippen molar-refractivity contribution in [2.24, 2.45) is 5.92 Å². The predicted molar refractivity (Wildman–Crippen MR) is 109 cm³/mol. The summed E-state index contributed by atoms with van der Waals surface area (Å²) in [4.78, 5) is 36.5. The quantitative estimate of drug-likeness (QED) is 0.370. The maximum Gasteiger partial charge on any atom is 0.408 e. The molecule has 8 heteroatoms. The number of halogens is 1. The molecular formula is C22H30FNO6. The third-order valence-electron chi connectivity index (χ3n) is 3.71. The van der Waals surface area contributed by atoms with E-state index in [4.69, 9.17) is 14.2 Å². The fourth-order valence-corrected chi connectivity index (χ4v) is 2.49. The van der Waals surface area contributed by atoms with Crippen LogP contribution in [0.3, 0.4) is 0 Å². The van der Waals surface area contributed by atoms with Crippen LogP contribution in [0.2, 0.25) is 0 Å². The number of carbonyl (C=O) groups is 3. The van der Waals surface area contributed by atoms with Gasteiger partial charge in [0.25, 0.3) is 0 Å². The topological polar surface area (TPSA) is 90.9 Å². The maximum absolute atomic E-state index is 15.2. The van der Waals surface area contributed by atoms with Crippen LogP contribution < -0.4 is 5.32 Å². The van der Waals surface area contributed by atoms with Crippen molar-refractivity contribution in [2.45, 2.75) is 52.7 Å². The van der Waals surface area contributed by atoms with Gasteiger partial charge in [0, 0.05) is 0 Å². The number of alkyl carbamates (subject to hydrolysis) is 1. The largest absolute Gasteiger partial charge is 0.465 e. The van der Waals surface area contributed by atoms with E-state index in [9.17, 15) is 14.4 Å². The van der Waals surface area contributed by atoms with Gasteiger partial charge in [0.1, 0.15) is 11.4 Å². The molecule has 0 saturated carbocycles. The fourth-order valence-electron chi connectivity index (χ4n) is 2.49. The predicted octanol–water partition coefficient (Wildman–Crippen LogP) is 3.72. The number of rotatable bonds is 9. The summed E-state index contributed by atoms with van der Waals surface area (Å²) in [6.07, 6.45) is 0.0812. The third-order valence-corrected chi connectivity index (χ3v) is 3.71. The lowest BCUT2D eigenvalue weighted by Crippen LogP contribution is -2.41. The van der Waals surface area contributed by atoms with Gasteiger partial charge in [-0.15, -0.1) is 0 Å². The van der Waals surface area contributed by atoms with Crippen molar-refractivity contribution in [3.63, 3.8) is 0 Å². The van der Waals surface area contributed by atoms with Crippen LogP contribution in [0.25, 0.3) is 0 Å². The van der Waals surface area contributed by atoms with Gasteiger partial charge < -0.3 is 19.5 Å². The molecule has 0 heterocycles. The molecule has 0 aromatic heterocycles. The van der Waals surface area contributed by atoms with Crippen molar-refractivity contribution in [3.05, 3.63) is 47.8 Å². The minimum Gasteiger partial charge on any atom is -0.465 e. The number of hydrogen-bond donors (Lipinski definition) is 1. The molecule has 7 nitrogen and oxygen atoms in total. The molecule has 166 valence electrons. The first kappa shape index (κ1) is 25.1. The molecule has 1 aromatic rings. The summed E-state index contributed by atoms with van der Waals surface area (Å²) in [7, 11) is 0. The van der Waals surface area contributed by atoms with E-state index < -0.39 is 41.4 Å². The number of hydrogen-bond acceptors (Lipinski definition) is 6. The second-order valence-electron chi connectivity index (χ2n) is 7.42. The summed E-state index contributed by atoms with van der Waals surface area (Å²) in [5.74, 6) is -4.32. The van der Waals surface area contributed by atoms with Crippen LogP contribution in [-0.2, 0) is 30.2 Å². The second-order valence-corrected chi connectivity index (χ2v) is 7.42. The van der Waals surface area contributed by atoms with Gasteiger partial charge in [-0.25, -0.2) is 9.18 Å². The minimum atomic E-state index is -1.58. The van der Waals surface area contributed by atoms with E-state index in [0.29, 0.717) is 0 Å².